The topological polar surface area (TPSA) is 35.0 Å². The highest BCUT2D eigenvalue weighted by Crippen LogP contribution is 2.34. The van der Waals surface area contributed by atoms with Gasteiger partial charge in [-0.3, -0.25) is 0 Å². The summed E-state index contributed by atoms with van der Waals surface area (Å²) in [5.41, 5.74) is -0.745. The Balaban J connectivity index is 1.97. The van der Waals surface area contributed by atoms with Crippen molar-refractivity contribution < 1.29 is 17.9 Å². The molecule has 3 rings (SSSR count). The molecule has 2 aromatic heterocycles. The molecule has 0 aliphatic heterocycles. The summed E-state index contributed by atoms with van der Waals surface area (Å²) in [5.74, 6) is 0.420. The second kappa shape index (κ2) is 5.46. The maximum Gasteiger partial charge on any atom is 0.416 e. The number of hydrogen-bond donors (Lipinski definition) is 0. The number of aromatic nitrogens is 2. The van der Waals surface area contributed by atoms with E-state index in [1.54, 1.807) is 18.3 Å². The van der Waals surface area contributed by atoms with E-state index >= 15 is 0 Å². The van der Waals surface area contributed by atoms with Gasteiger partial charge in [-0.2, -0.15) is 13.2 Å². The minimum absolute atomic E-state index is 0.190. The van der Waals surface area contributed by atoms with Crippen molar-refractivity contribution in [1.82, 2.24) is 9.97 Å². The largest absolute Gasteiger partial charge is 0.438 e. The number of hydrogen-bond acceptors (Lipinski definition) is 3. The van der Waals surface area contributed by atoms with E-state index in [0.29, 0.717) is 5.39 Å². The zero-order valence-corrected chi connectivity index (χ0v) is 11.7. The smallest absolute Gasteiger partial charge is 0.416 e. The van der Waals surface area contributed by atoms with E-state index in [1.165, 1.54) is 18.3 Å². The predicted octanol–water partition coefficient (Wildman–Crippen LogP) is 5.09. The monoisotopic (exact) mass is 324 g/mol. The van der Waals surface area contributed by atoms with Crippen molar-refractivity contribution in [2.75, 3.05) is 0 Å². The second-order valence-corrected chi connectivity index (χ2v) is 4.80. The van der Waals surface area contributed by atoms with Crippen LogP contribution < -0.4 is 4.74 Å². The first-order valence-electron chi connectivity index (χ1n) is 6.19. The minimum Gasteiger partial charge on any atom is -0.438 e. The van der Waals surface area contributed by atoms with Gasteiger partial charge in [0.15, 0.2) is 0 Å². The van der Waals surface area contributed by atoms with Gasteiger partial charge in [-0.15, -0.1) is 0 Å². The lowest BCUT2D eigenvalue weighted by molar-refractivity contribution is -0.137. The molecule has 0 saturated heterocycles. The number of ether oxygens (including phenoxy) is 1. The summed E-state index contributed by atoms with van der Waals surface area (Å²) < 4.78 is 43.1. The number of benzene rings is 1. The van der Waals surface area contributed by atoms with Crippen LogP contribution in [0.25, 0.3) is 10.8 Å². The van der Waals surface area contributed by atoms with Gasteiger partial charge in [0.25, 0.3) is 0 Å². The average Bonchev–Trinajstić information content (AvgIpc) is 2.47. The molecule has 0 fully saturated rings. The van der Waals surface area contributed by atoms with Crippen molar-refractivity contribution >= 4 is 22.4 Å². The zero-order chi connectivity index (χ0) is 15.7. The highest BCUT2D eigenvalue weighted by molar-refractivity contribution is 6.34. The molecule has 3 aromatic rings. The van der Waals surface area contributed by atoms with Gasteiger partial charge in [-0.05, 0) is 41.8 Å². The number of rotatable bonds is 2. The fourth-order valence-electron chi connectivity index (χ4n) is 1.95. The third-order valence-corrected chi connectivity index (χ3v) is 3.28. The summed E-state index contributed by atoms with van der Waals surface area (Å²) >= 11 is 6.03. The van der Waals surface area contributed by atoms with Crippen molar-refractivity contribution in [2.24, 2.45) is 0 Å². The molecule has 0 unspecified atom stereocenters. The van der Waals surface area contributed by atoms with Crippen LogP contribution in [0.3, 0.4) is 0 Å². The molecule has 112 valence electrons. The second-order valence-electron chi connectivity index (χ2n) is 4.44. The van der Waals surface area contributed by atoms with Crippen molar-refractivity contribution in [2.45, 2.75) is 6.18 Å². The molecule has 7 heteroatoms. The first-order valence-corrected chi connectivity index (χ1v) is 6.57. The van der Waals surface area contributed by atoms with E-state index in [9.17, 15) is 13.2 Å². The molecular weight excluding hydrogens is 317 g/mol. The van der Waals surface area contributed by atoms with Crippen molar-refractivity contribution in [3.63, 3.8) is 0 Å². The molecule has 0 N–H and O–H groups in total. The van der Waals surface area contributed by atoms with E-state index in [1.807, 2.05) is 0 Å². The predicted molar refractivity (Wildman–Crippen MR) is 76.1 cm³/mol. The van der Waals surface area contributed by atoms with E-state index < -0.39 is 11.7 Å². The van der Waals surface area contributed by atoms with Gasteiger partial charge in [-0.1, -0.05) is 11.6 Å². The quantitative estimate of drug-likeness (QED) is 0.615. The number of alkyl halides is 3. The highest BCUT2D eigenvalue weighted by Gasteiger charge is 2.30. The van der Waals surface area contributed by atoms with E-state index in [0.717, 1.165) is 17.5 Å². The average molecular weight is 325 g/mol. The fraction of sp³-hybridized carbons (Fsp3) is 0.0667. The van der Waals surface area contributed by atoms with Crippen LogP contribution in [0.5, 0.6) is 11.6 Å². The molecular formula is C15H8ClF3N2O. The van der Waals surface area contributed by atoms with Gasteiger partial charge in [0.1, 0.15) is 10.9 Å². The third kappa shape index (κ3) is 2.82. The van der Waals surface area contributed by atoms with Crippen LogP contribution in [-0.4, -0.2) is 9.97 Å². The summed E-state index contributed by atoms with van der Waals surface area (Å²) in [6, 6.07) is 7.83. The van der Waals surface area contributed by atoms with Crippen LogP contribution >= 0.6 is 11.6 Å². The Morgan fingerprint density at radius 3 is 2.18 bits per heavy atom. The molecule has 0 radical (unpaired) electrons. The Morgan fingerprint density at radius 1 is 0.909 bits per heavy atom. The van der Waals surface area contributed by atoms with Gasteiger partial charge in [0.05, 0.1) is 10.9 Å². The lowest BCUT2D eigenvalue weighted by Gasteiger charge is -2.10. The minimum atomic E-state index is -4.39. The van der Waals surface area contributed by atoms with E-state index in [2.05, 4.69) is 9.97 Å². The molecule has 0 saturated carbocycles. The van der Waals surface area contributed by atoms with Gasteiger partial charge in [0.2, 0.25) is 5.88 Å². The Morgan fingerprint density at radius 2 is 1.55 bits per heavy atom. The van der Waals surface area contributed by atoms with Crippen LogP contribution in [0.2, 0.25) is 5.15 Å². The molecule has 0 spiro atoms. The molecule has 22 heavy (non-hydrogen) atoms. The van der Waals surface area contributed by atoms with Crippen LogP contribution in [0.15, 0.2) is 48.8 Å². The number of fused-ring (bicyclic) bond motifs is 1. The summed E-state index contributed by atoms with van der Waals surface area (Å²) in [5, 5.41) is 1.50. The Labute approximate surface area is 128 Å². The Hall–Kier alpha value is -2.34. The fourth-order valence-corrected chi connectivity index (χ4v) is 2.20. The van der Waals surface area contributed by atoms with Gasteiger partial charge >= 0.3 is 6.18 Å². The van der Waals surface area contributed by atoms with Crippen molar-refractivity contribution in [3.8, 4) is 11.6 Å². The molecule has 0 aliphatic rings. The van der Waals surface area contributed by atoms with Crippen LogP contribution in [-0.2, 0) is 6.18 Å². The molecule has 0 amide bonds. The molecule has 0 atom stereocenters. The van der Waals surface area contributed by atoms with Gasteiger partial charge in [-0.25, -0.2) is 9.97 Å². The Kier molecular flexibility index (Phi) is 3.62. The van der Waals surface area contributed by atoms with E-state index in [-0.39, 0.29) is 16.8 Å². The van der Waals surface area contributed by atoms with Gasteiger partial charge in [0, 0.05) is 12.4 Å². The molecule has 2 heterocycles. The summed E-state index contributed by atoms with van der Waals surface area (Å²) in [6.45, 7) is 0. The SMILES string of the molecule is FC(F)(F)c1ccc(Oc2nccc3ccnc(Cl)c23)cc1. The van der Waals surface area contributed by atoms with E-state index in [4.69, 9.17) is 16.3 Å². The Bertz CT molecular complexity index is 814. The number of halogens is 4. The summed E-state index contributed by atoms with van der Waals surface area (Å²) in [6.07, 6.45) is -1.31. The summed E-state index contributed by atoms with van der Waals surface area (Å²) in [7, 11) is 0. The molecule has 0 bridgehead atoms. The molecule has 1 aromatic carbocycles. The first-order chi connectivity index (χ1) is 10.4. The lowest BCUT2D eigenvalue weighted by atomic mass is 10.2. The summed E-state index contributed by atoms with van der Waals surface area (Å²) in [4.78, 5) is 8.02. The normalized spacial score (nSPS) is 11.6. The van der Waals surface area contributed by atoms with Crippen LogP contribution in [0.1, 0.15) is 5.56 Å². The maximum absolute atomic E-state index is 12.5. The van der Waals surface area contributed by atoms with Gasteiger partial charge < -0.3 is 4.74 Å². The third-order valence-electron chi connectivity index (χ3n) is 2.99. The molecule has 0 aliphatic carbocycles. The maximum atomic E-state index is 12.5. The standard InChI is InChI=1S/C15H8ClF3N2O/c16-13-12-9(5-7-20-13)6-8-21-14(12)22-11-3-1-10(2-4-11)15(17,18)19/h1-8H. The number of pyridine rings is 2. The molecule has 3 nitrogen and oxygen atoms in total. The van der Waals surface area contributed by atoms with Crippen LogP contribution in [0, 0.1) is 0 Å². The zero-order valence-electron chi connectivity index (χ0n) is 10.9. The van der Waals surface area contributed by atoms with Crippen molar-refractivity contribution in [1.29, 1.82) is 0 Å². The van der Waals surface area contributed by atoms with Crippen LogP contribution in [0.4, 0.5) is 13.2 Å². The number of nitrogens with zero attached hydrogens (tertiary/aromatic N) is 2. The highest BCUT2D eigenvalue weighted by atomic mass is 35.5. The van der Waals surface area contributed by atoms with Crippen molar-refractivity contribution in [3.05, 3.63) is 59.5 Å². The first kappa shape index (κ1) is 14.6. The lowest BCUT2D eigenvalue weighted by Crippen LogP contribution is -2.04.